The van der Waals surface area contributed by atoms with Gasteiger partial charge in [0.1, 0.15) is 11.6 Å². The molecule has 4 nitrogen and oxygen atoms in total. The first-order chi connectivity index (χ1) is 10.5. The first-order valence-corrected chi connectivity index (χ1v) is 6.47. The maximum Gasteiger partial charge on any atom is 0.341 e. The summed E-state index contributed by atoms with van der Waals surface area (Å²) in [5, 5.41) is 8.72. The van der Waals surface area contributed by atoms with Gasteiger partial charge >= 0.3 is 5.97 Å². The van der Waals surface area contributed by atoms with Crippen molar-refractivity contribution in [3.05, 3.63) is 58.6 Å². The molecule has 0 unspecified atom stereocenters. The fraction of sp³-hybridized carbons (Fsp3) is 0.0667. The minimum absolute atomic E-state index is 0.0104. The van der Waals surface area contributed by atoms with Crippen molar-refractivity contribution in [2.24, 2.45) is 4.99 Å². The van der Waals surface area contributed by atoms with Crippen LogP contribution in [0.15, 0.2) is 41.4 Å². The number of carboxylic acid groups (broad SMARTS) is 1. The number of hydrogen-bond donors (Lipinski definition) is 1. The van der Waals surface area contributed by atoms with Gasteiger partial charge in [0.25, 0.3) is 0 Å². The van der Waals surface area contributed by atoms with E-state index >= 15 is 0 Å². The molecule has 0 saturated carbocycles. The Morgan fingerprint density at radius 2 is 2.05 bits per heavy atom. The van der Waals surface area contributed by atoms with Crippen LogP contribution < -0.4 is 4.74 Å². The zero-order valence-electron chi connectivity index (χ0n) is 11.1. The minimum atomic E-state index is -1.12. The van der Waals surface area contributed by atoms with Crippen LogP contribution in [0.3, 0.4) is 0 Å². The SMILES string of the molecule is O=C(O)COc1ccc(C=Nc2ccc(F)cc2F)cc1Cl. The lowest BCUT2D eigenvalue weighted by Gasteiger charge is -2.05. The maximum absolute atomic E-state index is 13.4. The molecule has 0 atom stereocenters. The molecule has 2 aromatic carbocycles. The Morgan fingerprint density at radius 3 is 2.68 bits per heavy atom. The Morgan fingerprint density at radius 1 is 1.27 bits per heavy atom. The Hall–Kier alpha value is -2.47. The van der Waals surface area contributed by atoms with E-state index in [1.165, 1.54) is 24.4 Å². The molecule has 0 spiro atoms. The summed E-state index contributed by atoms with van der Waals surface area (Å²) in [5.74, 6) is -2.36. The summed E-state index contributed by atoms with van der Waals surface area (Å²) in [4.78, 5) is 14.3. The zero-order valence-corrected chi connectivity index (χ0v) is 11.8. The topological polar surface area (TPSA) is 58.9 Å². The number of halogens is 3. The van der Waals surface area contributed by atoms with Crippen LogP contribution in [0.5, 0.6) is 5.75 Å². The van der Waals surface area contributed by atoms with Crippen molar-refractivity contribution in [3.8, 4) is 5.75 Å². The molecule has 0 saturated heterocycles. The Balaban J connectivity index is 2.14. The fourth-order valence-electron chi connectivity index (χ4n) is 1.58. The molecule has 0 fully saturated rings. The lowest BCUT2D eigenvalue weighted by molar-refractivity contribution is -0.139. The van der Waals surface area contributed by atoms with Gasteiger partial charge in [0.05, 0.1) is 10.7 Å². The van der Waals surface area contributed by atoms with E-state index in [1.54, 1.807) is 6.07 Å². The molecule has 0 bridgehead atoms. The van der Waals surface area contributed by atoms with Gasteiger partial charge in [-0.05, 0) is 35.9 Å². The third kappa shape index (κ3) is 4.26. The fourth-order valence-corrected chi connectivity index (χ4v) is 1.83. The van der Waals surface area contributed by atoms with Crippen LogP contribution in [-0.2, 0) is 4.79 Å². The highest BCUT2D eigenvalue weighted by molar-refractivity contribution is 6.32. The van der Waals surface area contributed by atoms with Gasteiger partial charge in [-0.2, -0.15) is 0 Å². The number of carbonyl (C=O) groups is 1. The second-order valence-corrected chi connectivity index (χ2v) is 4.63. The molecule has 0 radical (unpaired) electrons. The van der Waals surface area contributed by atoms with Crippen LogP contribution in [0.2, 0.25) is 5.02 Å². The van der Waals surface area contributed by atoms with E-state index in [0.29, 0.717) is 5.56 Å². The molecular weight excluding hydrogens is 316 g/mol. The maximum atomic E-state index is 13.4. The first-order valence-electron chi connectivity index (χ1n) is 6.09. The largest absolute Gasteiger partial charge is 0.480 e. The lowest BCUT2D eigenvalue weighted by atomic mass is 10.2. The molecular formula is C15H10ClF2NO3. The molecule has 0 aromatic heterocycles. The van der Waals surface area contributed by atoms with Crippen LogP contribution in [-0.4, -0.2) is 23.9 Å². The Kier molecular flexibility index (Phi) is 5.06. The monoisotopic (exact) mass is 325 g/mol. The minimum Gasteiger partial charge on any atom is -0.480 e. The third-order valence-corrected chi connectivity index (χ3v) is 2.86. The second-order valence-electron chi connectivity index (χ2n) is 4.23. The highest BCUT2D eigenvalue weighted by Gasteiger charge is 2.05. The predicted molar refractivity (Wildman–Crippen MR) is 78.2 cm³/mol. The van der Waals surface area contributed by atoms with Crippen molar-refractivity contribution in [1.29, 1.82) is 0 Å². The first kappa shape index (κ1) is 15.9. The number of carboxylic acids is 1. The summed E-state index contributed by atoms with van der Waals surface area (Å²) in [6, 6.07) is 7.60. The molecule has 0 amide bonds. The van der Waals surface area contributed by atoms with Crippen molar-refractivity contribution < 1.29 is 23.4 Å². The van der Waals surface area contributed by atoms with E-state index in [0.717, 1.165) is 12.1 Å². The molecule has 0 aliphatic carbocycles. The molecule has 114 valence electrons. The van der Waals surface area contributed by atoms with E-state index in [9.17, 15) is 13.6 Å². The number of benzene rings is 2. The van der Waals surface area contributed by atoms with Crippen LogP contribution in [0.1, 0.15) is 5.56 Å². The quantitative estimate of drug-likeness (QED) is 0.850. The summed E-state index contributed by atoms with van der Waals surface area (Å²) in [6.45, 7) is -0.506. The van der Waals surface area contributed by atoms with Gasteiger partial charge in [0, 0.05) is 12.3 Å². The number of aliphatic imine (C=N–C) groups is 1. The molecule has 0 aliphatic heterocycles. The summed E-state index contributed by atoms with van der Waals surface area (Å²) in [6.07, 6.45) is 1.35. The average Bonchev–Trinajstić information content (AvgIpc) is 2.45. The Labute approximate surface area is 129 Å². The molecule has 2 rings (SSSR count). The molecule has 0 heterocycles. The normalized spacial score (nSPS) is 10.9. The number of ether oxygens (including phenoxy) is 1. The molecule has 7 heteroatoms. The van der Waals surface area contributed by atoms with Gasteiger partial charge < -0.3 is 9.84 Å². The van der Waals surface area contributed by atoms with E-state index in [1.807, 2.05) is 0 Å². The van der Waals surface area contributed by atoms with E-state index in [4.69, 9.17) is 21.4 Å². The van der Waals surface area contributed by atoms with E-state index in [2.05, 4.69) is 4.99 Å². The summed E-state index contributed by atoms with van der Waals surface area (Å²) >= 11 is 5.94. The number of aliphatic carboxylic acids is 1. The third-order valence-electron chi connectivity index (χ3n) is 2.57. The summed E-state index contributed by atoms with van der Waals surface area (Å²) in [5.41, 5.74) is 0.542. The second kappa shape index (κ2) is 7.00. The average molecular weight is 326 g/mol. The Bertz CT molecular complexity index is 735. The lowest BCUT2D eigenvalue weighted by Crippen LogP contribution is -2.09. The van der Waals surface area contributed by atoms with Crippen molar-refractivity contribution >= 4 is 29.5 Å². The number of nitrogens with zero attached hydrogens (tertiary/aromatic N) is 1. The smallest absolute Gasteiger partial charge is 0.341 e. The van der Waals surface area contributed by atoms with Crippen LogP contribution in [0, 0.1) is 11.6 Å². The van der Waals surface area contributed by atoms with Crippen LogP contribution >= 0.6 is 11.6 Å². The summed E-state index contributed by atoms with van der Waals surface area (Å²) in [7, 11) is 0. The number of rotatable bonds is 5. The van der Waals surface area contributed by atoms with E-state index < -0.39 is 24.2 Å². The molecule has 2 aromatic rings. The van der Waals surface area contributed by atoms with Gasteiger partial charge in [-0.1, -0.05) is 11.6 Å². The standard InChI is InChI=1S/C15H10ClF2NO3/c16-11-5-9(1-4-14(11)22-8-15(20)21)7-19-13-3-2-10(17)6-12(13)18/h1-7H,8H2,(H,20,21). The number of hydrogen-bond acceptors (Lipinski definition) is 3. The molecule has 22 heavy (non-hydrogen) atoms. The zero-order chi connectivity index (χ0) is 16.1. The van der Waals surface area contributed by atoms with E-state index in [-0.39, 0.29) is 16.5 Å². The molecule has 0 aliphatic rings. The van der Waals surface area contributed by atoms with Gasteiger partial charge in [-0.15, -0.1) is 0 Å². The van der Waals surface area contributed by atoms with Crippen molar-refractivity contribution in [1.82, 2.24) is 0 Å². The van der Waals surface area contributed by atoms with Crippen LogP contribution in [0.25, 0.3) is 0 Å². The van der Waals surface area contributed by atoms with Gasteiger partial charge in [0.2, 0.25) is 0 Å². The van der Waals surface area contributed by atoms with Crippen molar-refractivity contribution in [2.45, 2.75) is 0 Å². The van der Waals surface area contributed by atoms with Crippen LogP contribution in [0.4, 0.5) is 14.5 Å². The van der Waals surface area contributed by atoms with Gasteiger partial charge in [-0.3, -0.25) is 4.99 Å². The predicted octanol–water partition coefficient (Wildman–Crippen LogP) is 3.83. The van der Waals surface area contributed by atoms with Crippen molar-refractivity contribution in [3.63, 3.8) is 0 Å². The molecule has 1 N–H and O–H groups in total. The van der Waals surface area contributed by atoms with Gasteiger partial charge in [0.15, 0.2) is 12.4 Å². The highest BCUT2D eigenvalue weighted by Crippen LogP contribution is 2.25. The summed E-state index contributed by atoms with van der Waals surface area (Å²) < 4.78 is 31.2. The van der Waals surface area contributed by atoms with Crippen molar-refractivity contribution in [2.75, 3.05) is 6.61 Å². The van der Waals surface area contributed by atoms with Gasteiger partial charge in [-0.25, -0.2) is 13.6 Å². The highest BCUT2D eigenvalue weighted by atomic mass is 35.5.